The minimum Gasteiger partial charge on any atom is -0.339 e. The van der Waals surface area contributed by atoms with Gasteiger partial charge < -0.3 is 9.84 Å². The maximum Gasteiger partial charge on any atom is 0.244 e. The Balaban J connectivity index is 1.42. The van der Waals surface area contributed by atoms with Crippen LogP contribution in [-0.2, 0) is 14.8 Å². The molecule has 0 unspecified atom stereocenters. The zero-order chi connectivity index (χ0) is 23.8. The molecule has 1 aliphatic rings. The van der Waals surface area contributed by atoms with Gasteiger partial charge in [0.25, 0.3) is 0 Å². The summed E-state index contributed by atoms with van der Waals surface area (Å²) >= 11 is 1.30. The van der Waals surface area contributed by atoms with Crippen molar-refractivity contribution in [3.8, 4) is 10.7 Å². The number of aryl methyl sites for hydroxylation is 2. The topological polar surface area (TPSA) is 122 Å². The first kappa shape index (κ1) is 23.3. The van der Waals surface area contributed by atoms with Gasteiger partial charge in [0.1, 0.15) is 0 Å². The molecule has 0 saturated carbocycles. The van der Waals surface area contributed by atoms with Crippen LogP contribution in [0.1, 0.15) is 40.9 Å². The average Bonchev–Trinajstić information content (AvgIpc) is 3.40. The lowest BCUT2D eigenvalue weighted by atomic mass is 9.97. The van der Waals surface area contributed by atoms with Crippen LogP contribution < -0.4 is 5.32 Å². The third kappa shape index (κ3) is 4.90. The van der Waals surface area contributed by atoms with Crippen molar-refractivity contribution in [2.45, 2.75) is 38.5 Å². The number of rotatable bonds is 6. The van der Waals surface area contributed by atoms with Gasteiger partial charge in [0.15, 0.2) is 5.78 Å². The van der Waals surface area contributed by atoms with Crippen molar-refractivity contribution in [1.82, 2.24) is 14.4 Å². The molecule has 3 heterocycles. The van der Waals surface area contributed by atoms with Gasteiger partial charge in [-0.05, 0) is 44.9 Å². The van der Waals surface area contributed by atoms with Gasteiger partial charge >= 0.3 is 0 Å². The first-order valence-corrected chi connectivity index (χ1v) is 12.7. The van der Waals surface area contributed by atoms with E-state index in [9.17, 15) is 18.0 Å². The van der Waals surface area contributed by atoms with Gasteiger partial charge in [-0.1, -0.05) is 17.3 Å². The summed E-state index contributed by atoms with van der Waals surface area (Å²) in [5.41, 5.74) is 1.08. The number of nitrogens with one attached hydrogen (secondary N) is 1. The molecule has 0 atom stereocenters. The van der Waals surface area contributed by atoms with Crippen LogP contribution in [0, 0.1) is 19.8 Å². The Kier molecular flexibility index (Phi) is 6.46. The van der Waals surface area contributed by atoms with Gasteiger partial charge in [0.05, 0.1) is 9.77 Å². The summed E-state index contributed by atoms with van der Waals surface area (Å²) in [4.78, 5) is 29.9. The molecule has 1 N–H and O–H groups in total. The maximum absolute atomic E-state index is 13.3. The molecule has 1 aliphatic heterocycles. The van der Waals surface area contributed by atoms with E-state index in [1.807, 2.05) is 0 Å². The predicted molar refractivity (Wildman–Crippen MR) is 124 cm³/mol. The van der Waals surface area contributed by atoms with Gasteiger partial charge in [0, 0.05) is 42.1 Å². The van der Waals surface area contributed by atoms with Crippen molar-refractivity contribution >= 4 is 38.7 Å². The number of amides is 1. The van der Waals surface area contributed by atoms with E-state index in [0.29, 0.717) is 45.6 Å². The fraction of sp³-hybridized carbons (Fsp3) is 0.364. The van der Waals surface area contributed by atoms with Crippen molar-refractivity contribution in [3.05, 3.63) is 46.7 Å². The van der Waals surface area contributed by atoms with Crippen LogP contribution in [-0.4, -0.2) is 47.6 Å². The Morgan fingerprint density at radius 1 is 1.18 bits per heavy atom. The summed E-state index contributed by atoms with van der Waals surface area (Å²) < 4.78 is 32.9. The third-order valence-corrected chi connectivity index (χ3v) is 8.80. The second kappa shape index (κ2) is 9.16. The molecule has 0 aliphatic carbocycles. The fourth-order valence-electron chi connectivity index (χ4n) is 3.79. The summed E-state index contributed by atoms with van der Waals surface area (Å²) in [5.74, 6) is 0.221. The second-order valence-electron chi connectivity index (χ2n) is 7.97. The highest BCUT2D eigenvalue weighted by Crippen LogP contribution is 2.35. The van der Waals surface area contributed by atoms with Crippen LogP contribution in [0.25, 0.3) is 10.7 Å². The lowest BCUT2D eigenvalue weighted by Crippen LogP contribution is -2.41. The Labute approximate surface area is 195 Å². The molecule has 1 saturated heterocycles. The molecule has 3 aromatic rings. The number of benzene rings is 1. The molecule has 1 amide bonds. The minimum atomic E-state index is -3.71. The highest BCUT2D eigenvalue weighted by Gasteiger charge is 2.34. The van der Waals surface area contributed by atoms with Crippen LogP contribution >= 0.6 is 11.3 Å². The molecule has 0 spiro atoms. The molecule has 33 heavy (non-hydrogen) atoms. The van der Waals surface area contributed by atoms with E-state index in [2.05, 4.69) is 15.5 Å². The monoisotopic (exact) mass is 488 g/mol. The van der Waals surface area contributed by atoms with E-state index in [0.717, 1.165) is 0 Å². The van der Waals surface area contributed by atoms with Gasteiger partial charge in [-0.25, -0.2) is 8.42 Å². The van der Waals surface area contributed by atoms with Crippen LogP contribution in [0.2, 0.25) is 0 Å². The smallest absolute Gasteiger partial charge is 0.244 e. The van der Waals surface area contributed by atoms with Crippen molar-refractivity contribution in [1.29, 1.82) is 0 Å². The Bertz CT molecular complexity index is 1300. The van der Waals surface area contributed by atoms with Crippen LogP contribution in [0.4, 0.5) is 5.69 Å². The largest absolute Gasteiger partial charge is 0.339 e. The molecule has 11 heteroatoms. The molecule has 0 radical (unpaired) electrons. The first-order valence-electron chi connectivity index (χ1n) is 10.5. The normalized spacial score (nSPS) is 15.5. The molecule has 9 nitrogen and oxygen atoms in total. The number of hydrogen-bond acceptors (Lipinski definition) is 8. The summed E-state index contributed by atoms with van der Waals surface area (Å²) in [6.07, 6.45) is 0.828. The Morgan fingerprint density at radius 3 is 2.55 bits per heavy atom. The lowest BCUT2D eigenvalue weighted by molar-refractivity contribution is -0.120. The molecular weight excluding hydrogens is 464 g/mol. The van der Waals surface area contributed by atoms with Crippen LogP contribution in [0.5, 0.6) is 0 Å². The van der Waals surface area contributed by atoms with E-state index in [1.165, 1.54) is 22.6 Å². The van der Waals surface area contributed by atoms with Crippen LogP contribution in [0.15, 0.2) is 39.8 Å². The highest BCUT2D eigenvalue weighted by atomic mass is 32.2. The van der Waals surface area contributed by atoms with Crippen molar-refractivity contribution < 1.29 is 22.5 Å². The molecule has 1 fully saturated rings. The molecule has 174 valence electrons. The number of nitrogens with zero attached hydrogens (tertiary/aromatic N) is 3. The summed E-state index contributed by atoms with van der Waals surface area (Å²) in [6, 6.07) is 8.36. The number of aromatic nitrogens is 2. The van der Waals surface area contributed by atoms with Crippen molar-refractivity contribution in [3.63, 3.8) is 0 Å². The summed E-state index contributed by atoms with van der Waals surface area (Å²) in [5, 5.41) is 6.71. The summed E-state index contributed by atoms with van der Waals surface area (Å²) in [6.45, 7) is 5.40. The predicted octanol–water partition coefficient (Wildman–Crippen LogP) is 3.66. The third-order valence-electron chi connectivity index (χ3n) is 5.60. The number of thiophene rings is 1. The number of hydrogen-bond donors (Lipinski definition) is 1. The molecule has 0 bridgehead atoms. The number of ketones is 1. The average molecular weight is 489 g/mol. The van der Waals surface area contributed by atoms with E-state index >= 15 is 0 Å². The minimum absolute atomic E-state index is 0.0778. The molecular formula is C22H24N4O5S2. The number of carbonyl (C=O) groups is 2. The van der Waals surface area contributed by atoms with Crippen molar-refractivity contribution in [2.75, 3.05) is 18.4 Å². The molecule has 4 rings (SSSR count). The second-order valence-corrected chi connectivity index (χ2v) is 11.1. The standard InChI is InChI=1S/C22H24N4O5S2/c1-13(27)17-5-4-6-18(11-17)24-22(28)16-7-9-26(10-8-16)33(29,30)20-12-19(32-14(20)2)21-23-15(3)31-25-21/h4-6,11-12,16H,7-10H2,1-3H3,(H,24,28). The maximum atomic E-state index is 13.3. The zero-order valence-electron chi connectivity index (χ0n) is 18.5. The SMILES string of the molecule is CC(=O)c1cccc(NC(=O)C2CCN(S(=O)(=O)c3cc(-c4noc(C)n4)sc3C)CC2)c1. The van der Waals surface area contributed by atoms with E-state index in [4.69, 9.17) is 4.52 Å². The van der Waals surface area contributed by atoms with Gasteiger partial charge in [-0.3, -0.25) is 9.59 Å². The zero-order valence-corrected chi connectivity index (χ0v) is 20.1. The quantitative estimate of drug-likeness (QED) is 0.525. The lowest BCUT2D eigenvalue weighted by Gasteiger charge is -2.30. The number of Topliss-reactive ketones (excluding diaryl/α,β-unsaturated/α-hetero) is 1. The number of anilines is 1. The van der Waals surface area contributed by atoms with E-state index < -0.39 is 10.0 Å². The number of sulfonamides is 1. The molecule has 2 aromatic heterocycles. The Morgan fingerprint density at radius 2 is 1.91 bits per heavy atom. The fourth-order valence-corrected chi connectivity index (χ4v) is 6.74. The van der Waals surface area contributed by atoms with Crippen LogP contribution in [0.3, 0.4) is 0 Å². The number of piperidine rings is 1. The molecule has 1 aromatic carbocycles. The first-order chi connectivity index (χ1) is 15.6. The van der Waals surface area contributed by atoms with Gasteiger partial charge in [-0.2, -0.15) is 9.29 Å². The van der Waals surface area contributed by atoms with Gasteiger partial charge in [0.2, 0.25) is 27.6 Å². The number of carbonyl (C=O) groups excluding carboxylic acids is 2. The highest BCUT2D eigenvalue weighted by molar-refractivity contribution is 7.89. The van der Waals surface area contributed by atoms with E-state index in [1.54, 1.807) is 44.2 Å². The Hall–Kier alpha value is -2.89. The summed E-state index contributed by atoms with van der Waals surface area (Å²) in [7, 11) is -3.71. The van der Waals surface area contributed by atoms with E-state index in [-0.39, 0.29) is 35.6 Å². The van der Waals surface area contributed by atoms with Gasteiger partial charge in [-0.15, -0.1) is 11.3 Å². The van der Waals surface area contributed by atoms with Crippen molar-refractivity contribution in [2.24, 2.45) is 5.92 Å².